The Morgan fingerprint density at radius 1 is 1.39 bits per heavy atom. The number of fused-ring (bicyclic) bond motifs is 2. The third kappa shape index (κ3) is 1.94. The Bertz CT molecular complexity index is 472. The van der Waals surface area contributed by atoms with Gasteiger partial charge in [0.2, 0.25) is 13.1 Å². The van der Waals surface area contributed by atoms with Gasteiger partial charge in [-0.2, -0.15) is 0 Å². The summed E-state index contributed by atoms with van der Waals surface area (Å²) in [6, 6.07) is 2.22. The van der Waals surface area contributed by atoms with Crippen LogP contribution in [0.5, 0.6) is 0 Å². The Kier molecular flexibility index (Phi) is 2.89. The smallest absolute Gasteiger partial charge is 0.224 e. The van der Waals surface area contributed by atoms with Gasteiger partial charge in [0, 0.05) is 31.4 Å². The molecular formula is C11H12BClN4O. The zero-order valence-electron chi connectivity index (χ0n) is 9.79. The van der Waals surface area contributed by atoms with Crippen molar-refractivity contribution in [2.45, 2.75) is 24.9 Å². The molecule has 2 atom stereocenters. The molecule has 2 bridgehead atoms. The molecule has 1 aromatic rings. The molecular weight excluding hydrogens is 250 g/mol. The maximum atomic E-state index is 11.4. The largest absolute Gasteiger partial charge is 0.352 e. The average molecular weight is 263 g/mol. The van der Waals surface area contributed by atoms with E-state index in [1.807, 2.05) is 6.07 Å². The number of nitrogens with zero attached hydrogens (tertiary/aromatic N) is 4. The molecule has 1 amide bonds. The van der Waals surface area contributed by atoms with Crippen molar-refractivity contribution in [2.75, 3.05) is 18.0 Å². The zero-order chi connectivity index (χ0) is 12.7. The first-order valence-corrected chi connectivity index (χ1v) is 6.34. The number of amides is 1. The van der Waals surface area contributed by atoms with Crippen LogP contribution in [-0.2, 0) is 0 Å². The summed E-state index contributed by atoms with van der Waals surface area (Å²) in [5.74, 6) is 0.499. The number of halogens is 1. The van der Waals surface area contributed by atoms with Gasteiger partial charge in [0.05, 0.1) is 0 Å². The first-order chi connectivity index (χ1) is 8.65. The fourth-order valence-corrected chi connectivity index (χ4v) is 3.10. The third-order valence-electron chi connectivity index (χ3n) is 3.67. The van der Waals surface area contributed by atoms with Gasteiger partial charge in [0.25, 0.3) is 0 Å². The summed E-state index contributed by atoms with van der Waals surface area (Å²) >= 11 is 5.80. The van der Waals surface area contributed by atoms with Gasteiger partial charge < -0.3 is 9.80 Å². The Morgan fingerprint density at radius 2 is 2.06 bits per heavy atom. The molecule has 7 heteroatoms. The number of piperazine rings is 1. The van der Waals surface area contributed by atoms with Crippen molar-refractivity contribution in [3.8, 4) is 0 Å². The highest BCUT2D eigenvalue weighted by molar-refractivity contribution is 6.57. The molecule has 0 aliphatic carbocycles. The van der Waals surface area contributed by atoms with E-state index in [9.17, 15) is 4.79 Å². The van der Waals surface area contributed by atoms with Gasteiger partial charge in [-0.1, -0.05) is 0 Å². The van der Waals surface area contributed by atoms with Crippen LogP contribution >= 0.6 is 11.6 Å². The highest BCUT2D eigenvalue weighted by atomic mass is 35.5. The van der Waals surface area contributed by atoms with E-state index in [0.29, 0.717) is 0 Å². The average Bonchev–Trinajstić information content (AvgIpc) is 2.61. The van der Waals surface area contributed by atoms with E-state index in [2.05, 4.69) is 14.9 Å². The minimum absolute atomic E-state index is 0.190. The van der Waals surface area contributed by atoms with E-state index in [0.717, 1.165) is 31.7 Å². The molecule has 3 heterocycles. The Morgan fingerprint density at radius 3 is 2.61 bits per heavy atom. The molecule has 2 fully saturated rings. The molecule has 2 saturated heterocycles. The molecule has 2 aliphatic heterocycles. The van der Waals surface area contributed by atoms with Gasteiger partial charge in [-0.05, 0) is 30.5 Å². The minimum atomic E-state index is -0.317. The van der Waals surface area contributed by atoms with Crippen LogP contribution in [0, 0.1) is 0 Å². The lowest BCUT2D eigenvalue weighted by molar-refractivity contribution is 0.184. The second-order valence-electron chi connectivity index (χ2n) is 4.72. The predicted molar refractivity (Wildman–Crippen MR) is 69.1 cm³/mol. The summed E-state index contributed by atoms with van der Waals surface area (Å²) in [6.07, 6.45) is 3.65. The summed E-state index contributed by atoms with van der Waals surface area (Å²) in [4.78, 5) is 23.4. The summed E-state index contributed by atoms with van der Waals surface area (Å²) in [5, 5.41) is 0.247. The van der Waals surface area contributed by atoms with Crippen LogP contribution in [0.3, 0.4) is 0 Å². The molecule has 0 saturated carbocycles. The van der Waals surface area contributed by atoms with Crippen molar-refractivity contribution in [2.24, 2.45) is 0 Å². The number of hydrogen-bond donors (Lipinski definition) is 0. The molecule has 0 N–H and O–H groups in total. The molecule has 18 heavy (non-hydrogen) atoms. The Hall–Kier alpha value is -1.30. The molecule has 2 aliphatic rings. The van der Waals surface area contributed by atoms with Crippen molar-refractivity contribution < 1.29 is 4.79 Å². The molecule has 0 spiro atoms. The van der Waals surface area contributed by atoms with Crippen molar-refractivity contribution >= 4 is 31.1 Å². The van der Waals surface area contributed by atoms with Crippen molar-refractivity contribution in [1.82, 2.24) is 14.9 Å². The van der Waals surface area contributed by atoms with E-state index >= 15 is 0 Å². The molecule has 0 aromatic carbocycles. The van der Waals surface area contributed by atoms with Gasteiger partial charge in [-0.15, -0.1) is 0 Å². The second-order valence-corrected chi connectivity index (χ2v) is 5.06. The van der Waals surface area contributed by atoms with Crippen LogP contribution in [0.25, 0.3) is 0 Å². The molecule has 5 nitrogen and oxygen atoms in total. The van der Waals surface area contributed by atoms with Crippen molar-refractivity contribution in [1.29, 1.82) is 0 Å². The summed E-state index contributed by atoms with van der Waals surface area (Å²) in [7, 11) is 5.42. The van der Waals surface area contributed by atoms with E-state index in [1.165, 1.54) is 0 Å². The SMILES string of the molecule is [B]C(=O)N1[C@@H]2CC[C@H]1CN(c1ccnc(Cl)n1)C2. The van der Waals surface area contributed by atoms with Crippen LogP contribution in [0.2, 0.25) is 5.28 Å². The molecule has 2 radical (unpaired) electrons. The van der Waals surface area contributed by atoms with E-state index in [4.69, 9.17) is 19.4 Å². The first kappa shape index (κ1) is 11.8. The number of anilines is 1. The first-order valence-electron chi connectivity index (χ1n) is 5.96. The summed E-state index contributed by atoms with van der Waals surface area (Å²) in [5.41, 5.74) is 0. The van der Waals surface area contributed by atoms with Crippen molar-refractivity contribution in [3.63, 3.8) is 0 Å². The highest BCUT2D eigenvalue weighted by Crippen LogP contribution is 2.31. The lowest BCUT2D eigenvalue weighted by Crippen LogP contribution is -2.55. The predicted octanol–water partition coefficient (Wildman–Crippen LogP) is 1.07. The van der Waals surface area contributed by atoms with Crippen LogP contribution < -0.4 is 4.90 Å². The van der Waals surface area contributed by atoms with Crippen molar-refractivity contribution in [3.05, 3.63) is 17.5 Å². The number of carbonyl (C=O) groups is 1. The van der Waals surface area contributed by atoms with Gasteiger partial charge in [-0.25, -0.2) is 9.97 Å². The third-order valence-corrected chi connectivity index (χ3v) is 3.85. The van der Waals surface area contributed by atoms with Gasteiger partial charge in [-0.3, -0.25) is 4.79 Å². The zero-order valence-corrected chi connectivity index (χ0v) is 10.5. The maximum Gasteiger partial charge on any atom is 0.224 e. The molecule has 1 aromatic heterocycles. The monoisotopic (exact) mass is 262 g/mol. The van der Waals surface area contributed by atoms with E-state index in [-0.39, 0.29) is 23.2 Å². The summed E-state index contributed by atoms with van der Waals surface area (Å²) in [6.45, 7) is 1.51. The van der Waals surface area contributed by atoms with Gasteiger partial charge in [0.15, 0.2) is 5.81 Å². The molecule has 92 valence electrons. The van der Waals surface area contributed by atoms with Crippen LogP contribution in [0.1, 0.15) is 12.8 Å². The minimum Gasteiger partial charge on any atom is -0.352 e. The summed E-state index contributed by atoms with van der Waals surface area (Å²) < 4.78 is 0. The normalized spacial score (nSPS) is 26.5. The highest BCUT2D eigenvalue weighted by Gasteiger charge is 2.41. The standard InChI is InChI=1S/C11H12BClN4O/c12-10(18)17-7-1-2-8(17)6-16(5-7)9-3-4-14-11(13)15-9/h3-4,7-8H,1-2,5-6H2/t7-,8+. The fraction of sp³-hybridized carbons (Fsp3) is 0.545. The lowest BCUT2D eigenvalue weighted by Gasteiger charge is -2.41. The lowest BCUT2D eigenvalue weighted by atomic mass is 10.0. The number of aromatic nitrogens is 2. The molecule has 3 rings (SSSR count). The van der Waals surface area contributed by atoms with Crippen LogP contribution in [0.4, 0.5) is 10.6 Å². The second kappa shape index (κ2) is 4.42. The maximum absolute atomic E-state index is 11.4. The number of rotatable bonds is 1. The van der Waals surface area contributed by atoms with Gasteiger partial charge in [0.1, 0.15) is 5.82 Å². The Balaban J connectivity index is 1.82. The topological polar surface area (TPSA) is 49.3 Å². The molecule has 0 unspecified atom stereocenters. The Labute approximate surface area is 112 Å². The quantitative estimate of drug-likeness (QED) is 0.561. The number of hydrogen-bond acceptors (Lipinski definition) is 4. The van der Waals surface area contributed by atoms with Crippen LogP contribution in [0.15, 0.2) is 12.3 Å². The van der Waals surface area contributed by atoms with E-state index < -0.39 is 0 Å². The fourth-order valence-electron chi connectivity index (χ4n) is 2.95. The number of carbonyl (C=O) groups excluding carboxylic acids is 1. The van der Waals surface area contributed by atoms with Gasteiger partial charge >= 0.3 is 0 Å². The van der Waals surface area contributed by atoms with Crippen LogP contribution in [-0.4, -0.2) is 53.7 Å². The van der Waals surface area contributed by atoms with E-state index in [1.54, 1.807) is 11.1 Å².